The lowest BCUT2D eigenvalue weighted by Crippen LogP contribution is -2.60. The summed E-state index contributed by atoms with van der Waals surface area (Å²) in [7, 11) is 1.62. The highest BCUT2D eigenvalue weighted by Crippen LogP contribution is 2.28. The number of aliphatic carboxylic acids is 1. The van der Waals surface area contributed by atoms with Crippen LogP contribution in [0.5, 0.6) is 0 Å². The quantitative estimate of drug-likeness (QED) is 0.232. The molecule has 0 unspecified atom stereocenters. The van der Waals surface area contributed by atoms with Gasteiger partial charge in [-0.2, -0.15) is 0 Å². The summed E-state index contributed by atoms with van der Waals surface area (Å²) >= 11 is 0. The molecular weight excluding hydrogens is 366 g/mol. The van der Waals surface area contributed by atoms with E-state index in [0.29, 0.717) is 19.8 Å². The van der Waals surface area contributed by atoms with E-state index in [-0.39, 0.29) is 36.0 Å². The zero-order valence-corrected chi connectivity index (χ0v) is 16.5. The minimum absolute atomic E-state index is 0.0204. The Kier molecular flexibility index (Phi) is 8.21. The van der Waals surface area contributed by atoms with Crippen LogP contribution in [0.15, 0.2) is 16.6 Å². The van der Waals surface area contributed by atoms with E-state index >= 15 is 0 Å². The maximum Gasteiger partial charge on any atom is 0.331 e. The van der Waals surface area contributed by atoms with E-state index in [0.717, 1.165) is 19.4 Å². The van der Waals surface area contributed by atoms with E-state index in [9.17, 15) is 14.7 Å². The van der Waals surface area contributed by atoms with Crippen molar-refractivity contribution in [3.63, 3.8) is 0 Å². The number of carboxylic acids is 1. The lowest BCUT2D eigenvalue weighted by atomic mass is 9.85. The van der Waals surface area contributed by atoms with E-state index < -0.39 is 18.1 Å². The summed E-state index contributed by atoms with van der Waals surface area (Å²) in [6.45, 7) is 3.84. The first kappa shape index (κ1) is 22.1. The van der Waals surface area contributed by atoms with Gasteiger partial charge in [-0.3, -0.25) is 9.69 Å². The van der Waals surface area contributed by atoms with Crippen molar-refractivity contribution in [2.75, 3.05) is 33.4 Å². The highest BCUT2D eigenvalue weighted by molar-refractivity contribution is 5.87. The van der Waals surface area contributed by atoms with Gasteiger partial charge in [-0.25, -0.2) is 9.79 Å². The van der Waals surface area contributed by atoms with Gasteiger partial charge in [0.25, 0.3) is 0 Å². The van der Waals surface area contributed by atoms with E-state index in [1.807, 2.05) is 0 Å². The number of hydrogen-bond acceptors (Lipinski definition) is 6. The van der Waals surface area contributed by atoms with Crippen molar-refractivity contribution < 1.29 is 24.2 Å². The number of nitrogens with two attached hydrogens (primary N) is 2. The van der Waals surface area contributed by atoms with Crippen LogP contribution in [0.3, 0.4) is 0 Å². The molecule has 0 aromatic heterocycles. The minimum atomic E-state index is -1.01. The molecule has 0 spiro atoms. The number of nitrogens with one attached hydrogen (secondary N) is 1. The van der Waals surface area contributed by atoms with Crippen LogP contribution in [0.1, 0.15) is 26.2 Å². The second-order valence-corrected chi connectivity index (χ2v) is 7.16. The topological polar surface area (TPSA) is 152 Å². The number of guanidine groups is 1. The highest BCUT2D eigenvalue weighted by atomic mass is 16.5. The summed E-state index contributed by atoms with van der Waals surface area (Å²) in [6, 6.07) is -1.32. The van der Waals surface area contributed by atoms with Crippen LogP contribution in [-0.4, -0.2) is 85.5 Å². The van der Waals surface area contributed by atoms with Gasteiger partial charge >= 0.3 is 5.97 Å². The Bertz CT molecular complexity index is 619. The zero-order chi connectivity index (χ0) is 20.7. The normalized spacial score (nSPS) is 28.3. The minimum Gasteiger partial charge on any atom is -0.478 e. The SMILES string of the molecule is COCCO[C@H]1CCCN([C@@H]2C=C(C(=O)O)C[C@H](N=C(N)N)[C@H]2NC(C)=O)C1. The molecule has 28 heavy (non-hydrogen) atoms. The fraction of sp³-hybridized carbons (Fsp3) is 0.722. The zero-order valence-electron chi connectivity index (χ0n) is 16.5. The van der Waals surface area contributed by atoms with E-state index in [1.165, 1.54) is 6.92 Å². The molecule has 4 atom stereocenters. The van der Waals surface area contributed by atoms with Crippen molar-refractivity contribution in [2.45, 2.75) is 50.4 Å². The summed E-state index contributed by atoms with van der Waals surface area (Å²) in [5, 5.41) is 12.5. The molecular formula is C18H31N5O5. The molecule has 1 fully saturated rings. The number of likely N-dealkylation sites (tertiary alicyclic amines) is 1. The van der Waals surface area contributed by atoms with Crippen LogP contribution >= 0.6 is 0 Å². The fourth-order valence-corrected chi connectivity index (χ4v) is 3.85. The van der Waals surface area contributed by atoms with Crippen LogP contribution in [-0.2, 0) is 19.1 Å². The standard InChI is InChI=1S/C18H31N5O5/c1-11(24)21-16-14(22-18(19)20)8-12(17(25)26)9-15(16)23-5-3-4-13(10-23)28-7-6-27-2/h9,13-16H,3-8,10H2,1-2H3,(H,21,24)(H,25,26)(H4,19,20,22)/t13-,14-,15+,16+/m0/s1. The number of amides is 1. The lowest BCUT2D eigenvalue weighted by molar-refractivity contribution is -0.133. The Morgan fingerprint density at radius 3 is 2.75 bits per heavy atom. The molecule has 1 saturated heterocycles. The van der Waals surface area contributed by atoms with Crippen molar-refractivity contribution in [1.29, 1.82) is 0 Å². The largest absolute Gasteiger partial charge is 0.478 e. The van der Waals surface area contributed by atoms with E-state index in [4.69, 9.17) is 20.9 Å². The molecule has 1 amide bonds. The first-order valence-electron chi connectivity index (χ1n) is 9.46. The summed E-state index contributed by atoms with van der Waals surface area (Å²) in [6.07, 6.45) is 3.71. The number of rotatable bonds is 8. The predicted molar refractivity (Wildman–Crippen MR) is 104 cm³/mol. The Morgan fingerprint density at radius 1 is 1.39 bits per heavy atom. The average molecular weight is 397 g/mol. The van der Waals surface area contributed by atoms with Crippen molar-refractivity contribution in [1.82, 2.24) is 10.2 Å². The van der Waals surface area contributed by atoms with Gasteiger partial charge in [0.1, 0.15) is 0 Å². The molecule has 6 N–H and O–H groups in total. The predicted octanol–water partition coefficient (Wildman–Crippen LogP) is -0.956. The van der Waals surface area contributed by atoms with Gasteiger partial charge in [0.15, 0.2) is 5.96 Å². The van der Waals surface area contributed by atoms with Crippen LogP contribution < -0.4 is 16.8 Å². The van der Waals surface area contributed by atoms with Crippen molar-refractivity contribution >= 4 is 17.8 Å². The summed E-state index contributed by atoms with van der Waals surface area (Å²) in [5.41, 5.74) is 11.3. The molecule has 0 aromatic carbocycles. The average Bonchev–Trinajstić information content (AvgIpc) is 2.62. The van der Waals surface area contributed by atoms with Gasteiger partial charge in [-0.1, -0.05) is 6.08 Å². The number of carbonyl (C=O) groups excluding carboxylic acids is 1. The third-order valence-electron chi connectivity index (χ3n) is 5.02. The second-order valence-electron chi connectivity index (χ2n) is 7.16. The Morgan fingerprint density at radius 2 is 2.14 bits per heavy atom. The van der Waals surface area contributed by atoms with Gasteiger partial charge in [-0.15, -0.1) is 0 Å². The number of aliphatic imine (C=N–C) groups is 1. The molecule has 0 aromatic rings. The molecule has 1 aliphatic heterocycles. The maximum absolute atomic E-state index is 11.8. The summed E-state index contributed by atoms with van der Waals surface area (Å²) < 4.78 is 10.9. The number of methoxy groups -OCH3 is 1. The van der Waals surface area contributed by atoms with Crippen molar-refractivity contribution in [2.24, 2.45) is 16.5 Å². The highest BCUT2D eigenvalue weighted by Gasteiger charge is 2.40. The van der Waals surface area contributed by atoms with Crippen LogP contribution in [0.25, 0.3) is 0 Å². The first-order chi connectivity index (χ1) is 13.3. The van der Waals surface area contributed by atoms with Crippen LogP contribution in [0, 0.1) is 0 Å². The third-order valence-corrected chi connectivity index (χ3v) is 5.02. The maximum atomic E-state index is 11.8. The molecule has 10 nitrogen and oxygen atoms in total. The van der Waals surface area contributed by atoms with Crippen LogP contribution in [0.4, 0.5) is 0 Å². The van der Waals surface area contributed by atoms with Gasteiger partial charge in [0.2, 0.25) is 5.91 Å². The molecule has 2 rings (SSSR count). The van der Waals surface area contributed by atoms with Crippen molar-refractivity contribution in [3.05, 3.63) is 11.6 Å². The number of ether oxygens (including phenoxy) is 2. The van der Waals surface area contributed by atoms with Gasteiger partial charge in [0.05, 0.1) is 37.4 Å². The molecule has 0 radical (unpaired) electrons. The molecule has 1 aliphatic carbocycles. The molecule has 0 saturated carbocycles. The van der Waals surface area contributed by atoms with Crippen LogP contribution in [0.2, 0.25) is 0 Å². The lowest BCUT2D eigenvalue weighted by Gasteiger charge is -2.44. The monoisotopic (exact) mass is 397 g/mol. The Labute approximate surface area is 164 Å². The summed E-state index contributed by atoms with van der Waals surface area (Å²) in [5.74, 6) is -1.36. The van der Waals surface area contributed by atoms with Crippen molar-refractivity contribution in [3.8, 4) is 0 Å². The number of hydrogen-bond donors (Lipinski definition) is 4. The molecule has 0 bridgehead atoms. The molecule has 10 heteroatoms. The smallest absolute Gasteiger partial charge is 0.331 e. The van der Waals surface area contributed by atoms with E-state index in [1.54, 1.807) is 13.2 Å². The second kappa shape index (κ2) is 10.4. The van der Waals surface area contributed by atoms with E-state index in [2.05, 4.69) is 15.2 Å². The number of piperidine rings is 1. The van der Waals surface area contributed by atoms with Gasteiger partial charge in [-0.05, 0) is 19.4 Å². The molecule has 2 aliphatic rings. The number of nitrogens with zero attached hydrogens (tertiary/aromatic N) is 2. The molecule has 158 valence electrons. The Balaban J connectivity index is 2.26. The first-order valence-corrected chi connectivity index (χ1v) is 9.46. The molecule has 1 heterocycles. The van der Waals surface area contributed by atoms with Gasteiger partial charge in [0, 0.05) is 32.6 Å². The fourth-order valence-electron chi connectivity index (χ4n) is 3.85. The number of carbonyl (C=O) groups is 2. The van der Waals surface area contributed by atoms with Gasteiger partial charge < -0.3 is 31.4 Å². The summed E-state index contributed by atoms with van der Waals surface area (Å²) in [4.78, 5) is 29.8. The third kappa shape index (κ3) is 6.18. The number of carboxylic acid groups (broad SMARTS) is 1. The Hall–Kier alpha value is -2.17.